The summed E-state index contributed by atoms with van der Waals surface area (Å²) in [5.74, 6) is 0. The highest BCUT2D eigenvalue weighted by Crippen LogP contribution is 2.70. The van der Waals surface area contributed by atoms with Gasteiger partial charge in [-0.25, -0.2) is 8.78 Å². The van der Waals surface area contributed by atoms with Gasteiger partial charge < -0.3 is 0 Å². The standard InChI is InChI=1S/C5Cl4F6O/c6-2(10)1(3(7,8)11,4(9,12)13)16-5(2,14)15/t1-,2-/m1/s1. The molecule has 0 bridgehead atoms. The lowest BCUT2D eigenvalue weighted by molar-refractivity contribution is -0.488. The van der Waals surface area contributed by atoms with Crippen LogP contribution in [0.25, 0.3) is 0 Å². The van der Waals surface area contributed by atoms with E-state index in [9.17, 15) is 26.3 Å². The molecule has 0 N–H and O–H groups in total. The molecule has 1 rings (SSSR count). The highest BCUT2D eigenvalue weighted by atomic mass is 35.5. The summed E-state index contributed by atoms with van der Waals surface area (Å²) in [4.78, 5) is 0. The van der Waals surface area contributed by atoms with Crippen molar-refractivity contribution in [3.63, 3.8) is 0 Å². The third-order valence-corrected chi connectivity index (χ3v) is 3.17. The zero-order valence-corrected chi connectivity index (χ0v) is 9.71. The second-order valence-electron chi connectivity index (χ2n) is 2.87. The van der Waals surface area contributed by atoms with Crippen LogP contribution in [0.15, 0.2) is 0 Å². The van der Waals surface area contributed by atoms with Gasteiger partial charge in [-0.05, 0) is 11.6 Å². The molecule has 0 unspecified atom stereocenters. The van der Waals surface area contributed by atoms with E-state index in [0.29, 0.717) is 0 Å². The fourth-order valence-corrected chi connectivity index (χ4v) is 2.55. The van der Waals surface area contributed by atoms with Gasteiger partial charge in [0.15, 0.2) is 0 Å². The average Bonchev–Trinajstić information content (AvgIpc) is 1.94. The Balaban J connectivity index is 3.35. The van der Waals surface area contributed by atoms with E-state index in [4.69, 9.17) is 0 Å². The van der Waals surface area contributed by atoms with Gasteiger partial charge in [0.1, 0.15) is 0 Å². The first-order chi connectivity index (χ1) is 6.71. The van der Waals surface area contributed by atoms with Gasteiger partial charge in [-0.1, -0.05) is 34.8 Å². The van der Waals surface area contributed by atoms with Crippen LogP contribution in [0, 0.1) is 0 Å². The number of hydrogen-bond donors (Lipinski definition) is 0. The maximum atomic E-state index is 13.2. The van der Waals surface area contributed by atoms with Crippen molar-refractivity contribution in [3.8, 4) is 0 Å². The normalized spacial score (nSPS) is 39.4. The lowest BCUT2D eigenvalue weighted by Gasteiger charge is -2.56. The largest absolute Gasteiger partial charge is 0.408 e. The minimum absolute atomic E-state index is 3.10. The van der Waals surface area contributed by atoms with Crippen LogP contribution in [0.2, 0.25) is 0 Å². The molecule has 96 valence electrons. The average molecular weight is 332 g/mol. The predicted octanol–water partition coefficient (Wildman–Crippen LogP) is 4.19. The van der Waals surface area contributed by atoms with Crippen molar-refractivity contribution in [1.82, 2.24) is 0 Å². The molecular formula is C5Cl4F6O. The van der Waals surface area contributed by atoms with Crippen molar-refractivity contribution in [2.24, 2.45) is 0 Å². The van der Waals surface area contributed by atoms with Gasteiger partial charge in [0, 0.05) is 0 Å². The van der Waals surface area contributed by atoms with E-state index in [-0.39, 0.29) is 0 Å². The Hall–Kier alpha value is 0.700. The van der Waals surface area contributed by atoms with Gasteiger partial charge in [0.05, 0.1) is 0 Å². The van der Waals surface area contributed by atoms with Crippen molar-refractivity contribution in [2.75, 3.05) is 0 Å². The number of alkyl halides is 10. The zero-order chi connectivity index (χ0) is 13.2. The minimum atomic E-state index is -5.01. The van der Waals surface area contributed by atoms with Crippen LogP contribution >= 0.6 is 46.4 Å². The summed E-state index contributed by atoms with van der Waals surface area (Å²) in [5.41, 5.74) is -4.43. The van der Waals surface area contributed by atoms with E-state index in [2.05, 4.69) is 51.1 Å². The Bertz CT molecular complexity index is 293. The van der Waals surface area contributed by atoms with Gasteiger partial charge >= 0.3 is 16.6 Å². The summed E-state index contributed by atoms with van der Waals surface area (Å²) in [7, 11) is 0. The van der Waals surface area contributed by atoms with Crippen molar-refractivity contribution < 1.29 is 31.1 Å². The maximum Gasteiger partial charge on any atom is 0.408 e. The molecule has 1 fully saturated rings. The highest BCUT2D eigenvalue weighted by molar-refractivity contribution is 6.49. The highest BCUT2D eigenvalue weighted by Gasteiger charge is 2.95. The summed E-state index contributed by atoms with van der Waals surface area (Å²) >= 11 is 17.8. The van der Waals surface area contributed by atoms with Crippen LogP contribution in [-0.2, 0) is 4.74 Å². The van der Waals surface area contributed by atoms with Crippen LogP contribution in [0.1, 0.15) is 0 Å². The van der Waals surface area contributed by atoms with E-state index < -0.39 is 26.8 Å². The van der Waals surface area contributed by atoms with E-state index in [1.165, 1.54) is 0 Å². The second kappa shape index (κ2) is 3.38. The molecule has 0 amide bonds. The van der Waals surface area contributed by atoms with E-state index in [1.54, 1.807) is 0 Å². The molecule has 0 aromatic carbocycles. The number of hydrogen-bond acceptors (Lipinski definition) is 1. The summed E-state index contributed by atoms with van der Waals surface area (Å²) in [6.45, 7) is 0. The minimum Gasteiger partial charge on any atom is -0.291 e. The van der Waals surface area contributed by atoms with Gasteiger partial charge in [-0.15, -0.1) is 0 Å². The van der Waals surface area contributed by atoms with Crippen LogP contribution in [0.4, 0.5) is 26.3 Å². The predicted molar refractivity (Wildman–Crippen MR) is 44.8 cm³/mol. The molecule has 0 aromatic rings. The third kappa shape index (κ3) is 1.51. The molecular weight excluding hydrogens is 332 g/mol. The fraction of sp³-hybridized carbons (Fsp3) is 1.00. The van der Waals surface area contributed by atoms with Gasteiger partial charge in [-0.2, -0.15) is 17.6 Å². The first-order valence-electron chi connectivity index (χ1n) is 3.30. The lowest BCUT2D eigenvalue weighted by Crippen LogP contribution is -2.83. The molecule has 0 saturated carbocycles. The molecule has 0 aliphatic carbocycles. The van der Waals surface area contributed by atoms with E-state index in [0.717, 1.165) is 0 Å². The van der Waals surface area contributed by atoms with E-state index >= 15 is 0 Å². The maximum absolute atomic E-state index is 13.2. The Kier molecular flexibility index (Phi) is 3.11. The third-order valence-electron chi connectivity index (χ3n) is 1.89. The zero-order valence-electron chi connectivity index (χ0n) is 6.69. The Morgan fingerprint density at radius 3 is 1.38 bits per heavy atom. The first kappa shape index (κ1) is 14.8. The van der Waals surface area contributed by atoms with Crippen LogP contribution < -0.4 is 0 Å². The van der Waals surface area contributed by atoms with Crippen LogP contribution in [0.5, 0.6) is 0 Å². The SMILES string of the molecule is FC(F)(Cl)[C@@]1(C(F)(Cl)Cl)OC(F)(F)[C@@]1(F)Cl. The van der Waals surface area contributed by atoms with Gasteiger partial charge in [0.2, 0.25) is 0 Å². The van der Waals surface area contributed by atoms with Gasteiger partial charge in [0.25, 0.3) is 10.2 Å². The molecule has 1 aliphatic rings. The van der Waals surface area contributed by atoms with Crippen molar-refractivity contribution in [1.29, 1.82) is 0 Å². The molecule has 16 heavy (non-hydrogen) atoms. The monoisotopic (exact) mass is 330 g/mol. The van der Waals surface area contributed by atoms with Crippen molar-refractivity contribution >= 4 is 46.4 Å². The smallest absolute Gasteiger partial charge is 0.291 e. The van der Waals surface area contributed by atoms with Gasteiger partial charge in [-0.3, -0.25) is 4.74 Å². The van der Waals surface area contributed by atoms with Crippen LogP contribution in [0.3, 0.4) is 0 Å². The lowest BCUT2D eigenvalue weighted by atomic mass is 9.90. The molecule has 0 spiro atoms. The number of ether oxygens (including phenoxy) is 1. The molecule has 0 radical (unpaired) electrons. The quantitative estimate of drug-likeness (QED) is 0.544. The molecule has 1 aliphatic heterocycles. The van der Waals surface area contributed by atoms with E-state index in [1.807, 2.05) is 0 Å². The molecule has 1 nitrogen and oxygen atoms in total. The summed E-state index contributed by atoms with van der Waals surface area (Å²) in [6.07, 6.45) is -4.91. The summed E-state index contributed by atoms with van der Waals surface area (Å²) < 4.78 is 75.4. The molecule has 11 heteroatoms. The van der Waals surface area contributed by atoms with Crippen LogP contribution in [-0.4, -0.2) is 26.8 Å². The number of halogens is 10. The van der Waals surface area contributed by atoms with Crippen molar-refractivity contribution in [3.05, 3.63) is 0 Å². The summed E-state index contributed by atoms with van der Waals surface area (Å²) in [5, 5.41) is -9.72. The molecule has 1 heterocycles. The molecule has 0 aromatic heterocycles. The topological polar surface area (TPSA) is 9.23 Å². The second-order valence-corrected chi connectivity index (χ2v) is 5.10. The summed E-state index contributed by atoms with van der Waals surface area (Å²) in [6, 6.07) is 0. The first-order valence-corrected chi connectivity index (χ1v) is 4.81. The Morgan fingerprint density at radius 1 is 0.938 bits per heavy atom. The number of rotatable bonds is 2. The molecule has 1 saturated heterocycles. The Labute approximate surface area is 105 Å². The fourth-order valence-electron chi connectivity index (χ4n) is 1.11. The van der Waals surface area contributed by atoms with Crippen molar-refractivity contribution in [2.45, 2.75) is 26.8 Å². The molecule has 2 atom stereocenters. The Morgan fingerprint density at radius 2 is 1.31 bits per heavy atom.